The third-order valence-electron chi connectivity index (χ3n) is 6.51. The Hall–Kier alpha value is -4.01. The van der Waals surface area contributed by atoms with Gasteiger partial charge in [0.25, 0.3) is 11.8 Å². The normalized spacial score (nSPS) is 13.3. The van der Waals surface area contributed by atoms with E-state index < -0.39 is 76.6 Å². The summed E-state index contributed by atoms with van der Waals surface area (Å²) in [4.78, 5) is 77.9. The molecule has 4 rings (SSSR count). The first kappa shape index (κ1) is 32.9. The molecular formula is C30H23Br2NO10S. The van der Waals surface area contributed by atoms with Crippen LogP contribution in [0.2, 0.25) is 0 Å². The number of halogens is 2. The predicted octanol–water partition coefficient (Wildman–Crippen LogP) is 4.08. The highest BCUT2D eigenvalue weighted by Gasteiger charge is 2.44. The van der Waals surface area contributed by atoms with E-state index in [0.717, 1.165) is 21.3 Å². The topological polar surface area (TPSA) is 158 Å². The number of esters is 2. The van der Waals surface area contributed by atoms with Gasteiger partial charge in [0.05, 0.1) is 22.4 Å². The lowest BCUT2D eigenvalue weighted by Crippen LogP contribution is -2.46. The quantitative estimate of drug-likeness (QED) is 0.150. The number of sulfone groups is 1. The van der Waals surface area contributed by atoms with Gasteiger partial charge in [-0.2, -0.15) is 0 Å². The maximum Gasteiger partial charge on any atom is 0.338 e. The molecule has 11 nitrogen and oxygen atoms in total. The number of ether oxygens (including phenoxy) is 2. The Kier molecular flexibility index (Phi) is 10.3. The van der Waals surface area contributed by atoms with Gasteiger partial charge in [-0.05, 0) is 48.9 Å². The number of hydrogen-bond donors (Lipinski definition) is 0. The van der Waals surface area contributed by atoms with Crippen LogP contribution in [-0.4, -0.2) is 79.9 Å². The van der Waals surface area contributed by atoms with Gasteiger partial charge in [-0.3, -0.25) is 24.1 Å². The Balaban J connectivity index is 1.50. The zero-order valence-corrected chi connectivity index (χ0v) is 26.9. The van der Waals surface area contributed by atoms with E-state index >= 15 is 0 Å². The number of carbonyl (C=O) groups is 6. The van der Waals surface area contributed by atoms with Crippen molar-refractivity contribution >= 4 is 77.0 Å². The summed E-state index contributed by atoms with van der Waals surface area (Å²) in [6, 6.07) is 14.5. The van der Waals surface area contributed by atoms with Gasteiger partial charge in [0.15, 0.2) is 24.8 Å². The number of amides is 2. The van der Waals surface area contributed by atoms with Crippen molar-refractivity contribution in [1.29, 1.82) is 0 Å². The summed E-state index contributed by atoms with van der Waals surface area (Å²) < 4.78 is 35.5. The smallest absolute Gasteiger partial charge is 0.338 e. The number of ketones is 2. The molecular weight excluding hydrogens is 726 g/mol. The van der Waals surface area contributed by atoms with E-state index in [1.165, 1.54) is 24.3 Å². The predicted molar refractivity (Wildman–Crippen MR) is 163 cm³/mol. The first-order valence-corrected chi connectivity index (χ1v) is 16.5. The van der Waals surface area contributed by atoms with Gasteiger partial charge in [-0.15, -0.1) is 0 Å². The van der Waals surface area contributed by atoms with Gasteiger partial charge in [0, 0.05) is 26.3 Å². The summed E-state index contributed by atoms with van der Waals surface area (Å²) in [5, 5.41) is 0. The molecule has 1 aliphatic rings. The second-order valence-corrected chi connectivity index (χ2v) is 13.8. The molecule has 1 atom stereocenters. The van der Waals surface area contributed by atoms with E-state index in [1.807, 2.05) is 0 Å². The van der Waals surface area contributed by atoms with Gasteiger partial charge in [0.1, 0.15) is 15.9 Å². The Bertz CT molecular complexity index is 1770. The fourth-order valence-corrected chi connectivity index (χ4v) is 5.41. The second-order valence-electron chi connectivity index (χ2n) is 9.72. The minimum absolute atomic E-state index is 0.134. The molecule has 14 heteroatoms. The van der Waals surface area contributed by atoms with Crippen molar-refractivity contribution in [1.82, 2.24) is 4.90 Å². The SMILES string of the molecule is CS(=O)(=O)CC[C@@H](C(=O)OCC(=O)c1ccc(Br)cc1)N1C(=O)c2ccc(C(=O)OCC(=O)c3ccc(Br)cc3)cc2C1=O. The maximum absolute atomic E-state index is 13.4. The molecule has 0 unspecified atom stereocenters. The summed E-state index contributed by atoms with van der Waals surface area (Å²) in [6.07, 6.45) is 0.441. The van der Waals surface area contributed by atoms with Crippen molar-refractivity contribution < 1.29 is 46.7 Å². The van der Waals surface area contributed by atoms with Crippen molar-refractivity contribution in [3.63, 3.8) is 0 Å². The Morgan fingerprint density at radius 2 is 1.20 bits per heavy atom. The molecule has 0 fully saturated rings. The highest BCUT2D eigenvalue weighted by Crippen LogP contribution is 2.28. The molecule has 1 heterocycles. The molecule has 0 radical (unpaired) electrons. The molecule has 0 N–H and O–H groups in total. The summed E-state index contributed by atoms with van der Waals surface area (Å²) >= 11 is 6.52. The number of nitrogens with zero attached hydrogens (tertiary/aromatic N) is 1. The third kappa shape index (κ3) is 7.92. The molecule has 0 saturated heterocycles. The molecule has 2 amide bonds. The molecule has 0 aliphatic carbocycles. The number of hydrogen-bond acceptors (Lipinski definition) is 10. The van der Waals surface area contributed by atoms with Gasteiger partial charge >= 0.3 is 11.9 Å². The molecule has 0 bridgehead atoms. The van der Waals surface area contributed by atoms with E-state index in [2.05, 4.69) is 31.9 Å². The highest BCUT2D eigenvalue weighted by atomic mass is 79.9. The molecule has 44 heavy (non-hydrogen) atoms. The van der Waals surface area contributed by atoms with Crippen LogP contribution in [-0.2, 0) is 24.1 Å². The van der Waals surface area contributed by atoms with Crippen LogP contribution in [0.25, 0.3) is 0 Å². The minimum Gasteiger partial charge on any atom is -0.456 e. The highest BCUT2D eigenvalue weighted by molar-refractivity contribution is 9.10. The van der Waals surface area contributed by atoms with Crippen molar-refractivity contribution in [3.05, 3.63) is 103 Å². The summed E-state index contributed by atoms with van der Waals surface area (Å²) in [7, 11) is -3.64. The minimum atomic E-state index is -3.64. The number of fused-ring (bicyclic) bond motifs is 1. The molecule has 0 spiro atoms. The Morgan fingerprint density at radius 1 is 0.727 bits per heavy atom. The van der Waals surface area contributed by atoms with Crippen LogP contribution in [0.1, 0.15) is 58.2 Å². The fraction of sp³-hybridized carbons (Fsp3) is 0.200. The Labute approximate surface area is 268 Å². The van der Waals surface area contributed by atoms with Crippen molar-refractivity contribution in [2.24, 2.45) is 0 Å². The van der Waals surface area contributed by atoms with E-state index in [9.17, 15) is 37.2 Å². The van der Waals surface area contributed by atoms with E-state index in [-0.39, 0.29) is 22.3 Å². The largest absolute Gasteiger partial charge is 0.456 e. The van der Waals surface area contributed by atoms with E-state index in [1.54, 1.807) is 36.4 Å². The first-order chi connectivity index (χ1) is 20.7. The molecule has 0 aromatic heterocycles. The molecule has 3 aromatic carbocycles. The standard InChI is InChI=1S/C30H23Br2NO10S/c1-44(40,41)13-12-24(30(39)43-16-26(35)18-4-9-21(32)10-5-18)33-27(36)22-11-6-19(14-23(22)28(33)37)29(38)42-15-25(34)17-2-7-20(31)8-3-17/h2-11,14,24H,12-13,15-16H2,1H3/t24-/m0/s1. The number of carbonyl (C=O) groups excluding carboxylic acids is 6. The lowest BCUT2D eigenvalue weighted by Gasteiger charge is -2.24. The molecule has 228 valence electrons. The first-order valence-electron chi connectivity index (χ1n) is 12.9. The van der Waals surface area contributed by atoms with Crippen LogP contribution >= 0.6 is 31.9 Å². The van der Waals surface area contributed by atoms with Gasteiger partial charge in [0.2, 0.25) is 0 Å². The summed E-state index contributed by atoms with van der Waals surface area (Å²) in [5.41, 5.74) is 0.0578. The second kappa shape index (κ2) is 13.7. The third-order valence-corrected chi connectivity index (χ3v) is 8.55. The van der Waals surface area contributed by atoms with Crippen LogP contribution in [0.5, 0.6) is 0 Å². The van der Waals surface area contributed by atoms with Crippen LogP contribution in [0.15, 0.2) is 75.7 Å². The molecule has 1 aliphatic heterocycles. The molecule has 0 saturated carbocycles. The maximum atomic E-state index is 13.4. The average molecular weight is 749 g/mol. The van der Waals surface area contributed by atoms with Crippen LogP contribution < -0.4 is 0 Å². The zero-order chi connectivity index (χ0) is 32.2. The number of rotatable bonds is 12. The fourth-order valence-electron chi connectivity index (χ4n) is 4.23. The molecule has 3 aromatic rings. The Morgan fingerprint density at radius 3 is 1.73 bits per heavy atom. The zero-order valence-electron chi connectivity index (χ0n) is 23.0. The van der Waals surface area contributed by atoms with E-state index in [4.69, 9.17) is 9.47 Å². The summed E-state index contributed by atoms with van der Waals surface area (Å²) in [6.45, 7) is -1.29. The van der Waals surface area contributed by atoms with Crippen molar-refractivity contribution in [2.45, 2.75) is 12.5 Å². The number of Topliss-reactive ketones (excluding diaryl/α,β-unsaturated/α-hetero) is 2. The van der Waals surface area contributed by atoms with Crippen molar-refractivity contribution in [3.8, 4) is 0 Å². The number of benzene rings is 3. The van der Waals surface area contributed by atoms with Crippen LogP contribution in [0.4, 0.5) is 0 Å². The van der Waals surface area contributed by atoms with Gasteiger partial charge in [-0.1, -0.05) is 56.1 Å². The lowest BCUT2D eigenvalue weighted by atomic mass is 10.1. The summed E-state index contributed by atoms with van der Waals surface area (Å²) in [5.74, 6) is -5.56. The van der Waals surface area contributed by atoms with E-state index in [0.29, 0.717) is 10.5 Å². The lowest BCUT2D eigenvalue weighted by molar-refractivity contribution is -0.147. The number of imide groups is 1. The monoisotopic (exact) mass is 747 g/mol. The van der Waals surface area contributed by atoms with Gasteiger partial charge < -0.3 is 9.47 Å². The average Bonchev–Trinajstić information content (AvgIpc) is 3.23. The van der Waals surface area contributed by atoms with Crippen LogP contribution in [0.3, 0.4) is 0 Å². The van der Waals surface area contributed by atoms with Gasteiger partial charge in [-0.25, -0.2) is 18.0 Å². The van der Waals surface area contributed by atoms with Crippen molar-refractivity contribution in [2.75, 3.05) is 25.2 Å². The van der Waals surface area contributed by atoms with Crippen LogP contribution in [0, 0.1) is 0 Å².